The van der Waals surface area contributed by atoms with Gasteiger partial charge in [-0.3, -0.25) is 4.79 Å². The normalized spacial score (nSPS) is 13.5. The molecule has 0 unspecified atom stereocenters. The van der Waals surface area contributed by atoms with Crippen LogP contribution in [0.4, 0.5) is 13.8 Å². The lowest BCUT2D eigenvalue weighted by Crippen LogP contribution is -2.15. The van der Waals surface area contributed by atoms with Crippen molar-refractivity contribution in [2.24, 2.45) is 0 Å². The lowest BCUT2D eigenvalue weighted by molar-refractivity contribution is 0.0697. The number of carbonyl (C=O) groups excluding carboxylic acids is 1. The molecule has 0 fully saturated rings. The number of carbonyl (C=O) groups is 2. The molecule has 0 bridgehead atoms. The quantitative estimate of drug-likeness (QED) is 0.894. The number of rotatable bonds is 3. The Hall–Kier alpha value is -2.28. The lowest BCUT2D eigenvalue weighted by atomic mass is 9.95. The topological polar surface area (TPSA) is 66.4 Å². The highest BCUT2D eigenvalue weighted by Gasteiger charge is 2.26. The third-order valence-electron chi connectivity index (χ3n) is 3.79. The van der Waals surface area contributed by atoms with Gasteiger partial charge in [0.05, 0.1) is 11.1 Å². The van der Waals surface area contributed by atoms with Gasteiger partial charge in [0.15, 0.2) is 0 Å². The van der Waals surface area contributed by atoms with E-state index in [1.54, 1.807) is 0 Å². The van der Waals surface area contributed by atoms with E-state index in [4.69, 9.17) is 0 Å². The number of benzene rings is 1. The monoisotopic (exact) mass is 337 g/mol. The van der Waals surface area contributed by atoms with Crippen molar-refractivity contribution >= 4 is 28.2 Å². The first kappa shape index (κ1) is 15.6. The zero-order chi connectivity index (χ0) is 16.6. The number of aromatic carboxylic acids is 1. The molecule has 1 aliphatic carbocycles. The van der Waals surface area contributed by atoms with Crippen molar-refractivity contribution in [2.75, 3.05) is 5.32 Å². The molecule has 0 atom stereocenters. The van der Waals surface area contributed by atoms with Crippen LogP contribution < -0.4 is 5.32 Å². The molecule has 0 saturated carbocycles. The Bertz CT molecular complexity index is 801. The summed E-state index contributed by atoms with van der Waals surface area (Å²) >= 11 is 1.21. The lowest BCUT2D eigenvalue weighted by Gasteiger charge is -2.10. The number of carboxylic acid groups (broad SMARTS) is 1. The van der Waals surface area contributed by atoms with E-state index in [1.165, 1.54) is 11.3 Å². The van der Waals surface area contributed by atoms with Crippen LogP contribution in [0.2, 0.25) is 0 Å². The van der Waals surface area contributed by atoms with Gasteiger partial charge in [-0.2, -0.15) is 0 Å². The molecule has 3 rings (SSSR count). The Balaban J connectivity index is 1.95. The summed E-state index contributed by atoms with van der Waals surface area (Å²) < 4.78 is 26.6. The van der Waals surface area contributed by atoms with Crippen molar-refractivity contribution in [3.63, 3.8) is 0 Å². The molecule has 1 aromatic heterocycles. The van der Waals surface area contributed by atoms with E-state index < -0.39 is 23.5 Å². The van der Waals surface area contributed by atoms with Gasteiger partial charge in [0.2, 0.25) is 0 Å². The maximum atomic E-state index is 13.7. The van der Waals surface area contributed by atoms with Gasteiger partial charge in [-0.15, -0.1) is 11.3 Å². The van der Waals surface area contributed by atoms with Gasteiger partial charge in [0, 0.05) is 10.9 Å². The van der Waals surface area contributed by atoms with Gasteiger partial charge < -0.3 is 10.4 Å². The molecule has 2 aromatic rings. The fourth-order valence-corrected chi connectivity index (χ4v) is 4.00. The number of hydrogen-bond donors (Lipinski definition) is 2. The summed E-state index contributed by atoms with van der Waals surface area (Å²) in [5.41, 5.74) is 0.512. The predicted octanol–water partition coefficient (Wildman–Crippen LogP) is 3.86. The molecule has 1 heterocycles. The Labute approximate surface area is 134 Å². The summed E-state index contributed by atoms with van der Waals surface area (Å²) in [6.45, 7) is 0. The number of thiophene rings is 1. The molecule has 4 nitrogen and oxygen atoms in total. The minimum Gasteiger partial charge on any atom is -0.478 e. The van der Waals surface area contributed by atoms with Crippen LogP contribution in [-0.2, 0) is 12.8 Å². The predicted molar refractivity (Wildman–Crippen MR) is 82.2 cm³/mol. The van der Waals surface area contributed by atoms with E-state index in [1.807, 2.05) is 0 Å². The Morgan fingerprint density at radius 2 is 1.91 bits per heavy atom. The van der Waals surface area contributed by atoms with Crippen LogP contribution in [0.15, 0.2) is 18.2 Å². The summed E-state index contributed by atoms with van der Waals surface area (Å²) in [6, 6.07) is 2.63. The van der Waals surface area contributed by atoms with E-state index in [-0.39, 0.29) is 16.1 Å². The van der Waals surface area contributed by atoms with Crippen LogP contribution >= 0.6 is 11.3 Å². The molecule has 0 saturated heterocycles. The van der Waals surface area contributed by atoms with Crippen molar-refractivity contribution in [2.45, 2.75) is 25.7 Å². The Kier molecular flexibility index (Phi) is 4.12. The first-order valence-electron chi connectivity index (χ1n) is 7.11. The molecule has 1 amide bonds. The van der Waals surface area contributed by atoms with E-state index in [0.717, 1.165) is 41.8 Å². The first-order valence-corrected chi connectivity index (χ1v) is 7.93. The van der Waals surface area contributed by atoms with Crippen molar-refractivity contribution in [3.05, 3.63) is 51.4 Å². The molecule has 7 heteroatoms. The van der Waals surface area contributed by atoms with Gasteiger partial charge in [-0.1, -0.05) is 0 Å². The van der Waals surface area contributed by atoms with Crippen molar-refractivity contribution < 1.29 is 23.5 Å². The van der Waals surface area contributed by atoms with Crippen LogP contribution in [-0.4, -0.2) is 17.0 Å². The molecular weight excluding hydrogens is 324 g/mol. The molecule has 0 radical (unpaired) electrons. The number of halogens is 2. The van der Waals surface area contributed by atoms with Crippen LogP contribution in [0, 0.1) is 11.6 Å². The van der Waals surface area contributed by atoms with Crippen LogP contribution in [0.3, 0.4) is 0 Å². The average Bonchev–Trinajstić information content (AvgIpc) is 2.84. The number of nitrogens with one attached hydrogen (secondary N) is 1. The second kappa shape index (κ2) is 6.08. The average molecular weight is 337 g/mol. The SMILES string of the molecule is O=C(Nc1sc2c(c1C(=O)O)CCCC2)c1ccc(F)cc1F. The number of amides is 1. The van der Waals surface area contributed by atoms with E-state index in [9.17, 15) is 23.5 Å². The van der Waals surface area contributed by atoms with E-state index in [2.05, 4.69) is 5.32 Å². The van der Waals surface area contributed by atoms with Gasteiger partial charge >= 0.3 is 5.97 Å². The largest absolute Gasteiger partial charge is 0.478 e. The third kappa shape index (κ3) is 2.96. The van der Waals surface area contributed by atoms with E-state index in [0.29, 0.717) is 12.5 Å². The van der Waals surface area contributed by atoms with Crippen LogP contribution in [0.5, 0.6) is 0 Å². The van der Waals surface area contributed by atoms with Crippen LogP contribution in [0.25, 0.3) is 0 Å². The Morgan fingerprint density at radius 3 is 2.61 bits per heavy atom. The fraction of sp³-hybridized carbons (Fsp3) is 0.250. The molecule has 1 aliphatic rings. The highest BCUT2D eigenvalue weighted by Crippen LogP contribution is 2.38. The first-order chi connectivity index (χ1) is 11.0. The molecular formula is C16H13F2NO3S. The smallest absolute Gasteiger partial charge is 0.339 e. The summed E-state index contributed by atoms with van der Waals surface area (Å²) in [7, 11) is 0. The van der Waals surface area contributed by atoms with Gasteiger partial charge in [0.1, 0.15) is 16.6 Å². The number of fused-ring (bicyclic) bond motifs is 1. The van der Waals surface area contributed by atoms with E-state index >= 15 is 0 Å². The minimum absolute atomic E-state index is 0.0839. The highest BCUT2D eigenvalue weighted by atomic mass is 32.1. The van der Waals surface area contributed by atoms with Crippen molar-refractivity contribution in [1.82, 2.24) is 0 Å². The van der Waals surface area contributed by atoms with Crippen LogP contribution in [0.1, 0.15) is 44.0 Å². The molecule has 120 valence electrons. The number of aryl methyl sites for hydroxylation is 1. The minimum atomic E-state index is -1.11. The van der Waals surface area contributed by atoms with Crippen molar-refractivity contribution in [1.29, 1.82) is 0 Å². The number of carboxylic acids is 1. The van der Waals surface area contributed by atoms with Gasteiger partial charge in [-0.25, -0.2) is 13.6 Å². The maximum Gasteiger partial charge on any atom is 0.339 e. The summed E-state index contributed by atoms with van der Waals surface area (Å²) in [6.07, 6.45) is 3.33. The standard InChI is InChI=1S/C16H13F2NO3S/c17-8-5-6-9(11(18)7-8)14(20)19-15-13(16(21)22)10-3-1-2-4-12(10)23-15/h5-7H,1-4H2,(H,19,20)(H,21,22). The third-order valence-corrected chi connectivity index (χ3v) is 5.00. The second-order valence-corrected chi connectivity index (χ2v) is 6.40. The zero-order valence-corrected chi connectivity index (χ0v) is 12.8. The molecule has 1 aromatic carbocycles. The second-order valence-electron chi connectivity index (χ2n) is 5.30. The number of hydrogen-bond acceptors (Lipinski definition) is 3. The molecule has 0 aliphatic heterocycles. The summed E-state index contributed by atoms with van der Waals surface area (Å²) in [4.78, 5) is 24.6. The molecule has 23 heavy (non-hydrogen) atoms. The molecule has 0 spiro atoms. The van der Waals surface area contributed by atoms with Crippen molar-refractivity contribution in [3.8, 4) is 0 Å². The maximum absolute atomic E-state index is 13.7. The fourth-order valence-electron chi connectivity index (χ4n) is 2.72. The Morgan fingerprint density at radius 1 is 1.17 bits per heavy atom. The summed E-state index contributed by atoms with van der Waals surface area (Å²) in [5.74, 6) is -3.67. The highest BCUT2D eigenvalue weighted by molar-refractivity contribution is 7.17. The summed E-state index contributed by atoms with van der Waals surface area (Å²) in [5, 5.41) is 12.1. The number of anilines is 1. The van der Waals surface area contributed by atoms with Gasteiger partial charge in [-0.05, 0) is 43.4 Å². The molecule has 2 N–H and O–H groups in total. The van der Waals surface area contributed by atoms with Gasteiger partial charge in [0.25, 0.3) is 5.91 Å². The zero-order valence-electron chi connectivity index (χ0n) is 12.0.